The molecule has 100 valence electrons. The fourth-order valence-electron chi connectivity index (χ4n) is 2.76. The number of carbonyl (C=O) groups excluding carboxylic acids is 1. The molecule has 0 aromatic carbocycles. The number of pyridine rings is 1. The van der Waals surface area contributed by atoms with E-state index in [0.29, 0.717) is 23.0 Å². The number of hydrogen-bond acceptors (Lipinski definition) is 4. The van der Waals surface area contributed by atoms with Crippen molar-refractivity contribution >= 4 is 28.2 Å². The van der Waals surface area contributed by atoms with Crippen molar-refractivity contribution < 1.29 is 4.79 Å². The highest BCUT2D eigenvalue weighted by Gasteiger charge is 2.28. The molecule has 3 aromatic rings. The first-order valence-electron chi connectivity index (χ1n) is 6.39. The third kappa shape index (κ3) is 1.65. The number of carbonyl (C=O) groups is 1. The summed E-state index contributed by atoms with van der Waals surface area (Å²) in [4.78, 5) is 29.6. The molecule has 0 radical (unpaired) electrons. The van der Waals surface area contributed by atoms with E-state index in [0.717, 1.165) is 12.1 Å². The van der Waals surface area contributed by atoms with Gasteiger partial charge in [-0.25, -0.2) is 4.98 Å². The molecular weight excluding hydrogens is 274 g/mol. The number of nitrogens with zero attached hydrogens (tertiary/aromatic N) is 1. The van der Waals surface area contributed by atoms with Gasteiger partial charge in [0.25, 0.3) is 5.56 Å². The predicted molar refractivity (Wildman–Crippen MR) is 76.4 cm³/mol. The molecule has 0 aliphatic heterocycles. The van der Waals surface area contributed by atoms with E-state index in [-0.39, 0.29) is 17.3 Å². The number of thiophene rings is 1. The molecule has 0 amide bonds. The van der Waals surface area contributed by atoms with Gasteiger partial charge in [0.1, 0.15) is 0 Å². The Morgan fingerprint density at radius 3 is 2.95 bits per heavy atom. The van der Waals surface area contributed by atoms with Gasteiger partial charge in [-0.05, 0) is 23.9 Å². The van der Waals surface area contributed by atoms with Crippen molar-refractivity contribution in [1.29, 1.82) is 0 Å². The van der Waals surface area contributed by atoms with Crippen molar-refractivity contribution in [3.8, 4) is 0 Å². The monoisotopic (exact) mass is 285 g/mol. The number of Topliss-reactive ketones (excluding diaryl/α,β-unsaturated/α-hetero) is 1. The standard InChI is InChI=1S/C14H11N3O2S/c18-11-5-7(12-2-1-3-20-12)4-10-8(11)6-9-13(15-10)16-17-14(9)19/h1-3,6-7H,4-5H2,(H2,15,16,17,19). The Morgan fingerprint density at radius 2 is 2.15 bits per heavy atom. The second-order valence-electron chi connectivity index (χ2n) is 5.00. The zero-order valence-corrected chi connectivity index (χ0v) is 11.3. The van der Waals surface area contributed by atoms with E-state index in [9.17, 15) is 9.59 Å². The van der Waals surface area contributed by atoms with Crippen LogP contribution in [0.15, 0.2) is 28.4 Å². The molecule has 0 saturated heterocycles. The largest absolute Gasteiger partial charge is 0.294 e. The van der Waals surface area contributed by atoms with E-state index in [1.807, 2.05) is 11.4 Å². The van der Waals surface area contributed by atoms with E-state index in [1.54, 1.807) is 17.4 Å². The molecule has 6 heteroatoms. The van der Waals surface area contributed by atoms with Gasteiger partial charge in [0, 0.05) is 22.8 Å². The van der Waals surface area contributed by atoms with E-state index >= 15 is 0 Å². The number of rotatable bonds is 1. The van der Waals surface area contributed by atoms with Crippen molar-refractivity contribution in [2.24, 2.45) is 0 Å². The van der Waals surface area contributed by atoms with E-state index < -0.39 is 0 Å². The summed E-state index contributed by atoms with van der Waals surface area (Å²) in [6.45, 7) is 0. The molecule has 0 fully saturated rings. The van der Waals surface area contributed by atoms with Crippen LogP contribution in [-0.4, -0.2) is 21.0 Å². The van der Waals surface area contributed by atoms with Crippen LogP contribution in [0.4, 0.5) is 0 Å². The van der Waals surface area contributed by atoms with Gasteiger partial charge in [0.05, 0.1) is 11.1 Å². The van der Waals surface area contributed by atoms with Crippen LogP contribution in [0.5, 0.6) is 0 Å². The predicted octanol–water partition coefficient (Wildman–Crippen LogP) is 2.23. The van der Waals surface area contributed by atoms with Gasteiger partial charge in [-0.15, -0.1) is 11.3 Å². The first kappa shape index (κ1) is 11.6. The Labute approximate surface area is 117 Å². The summed E-state index contributed by atoms with van der Waals surface area (Å²) in [6.07, 6.45) is 1.23. The normalized spacial score (nSPS) is 18.4. The minimum atomic E-state index is -0.233. The maximum absolute atomic E-state index is 12.3. The van der Waals surface area contributed by atoms with Crippen molar-refractivity contribution in [1.82, 2.24) is 15.2 Å². The number of H-pyrrole nitrogens is 2. The van der Waals surface area contributed by atoms with Gasteiger partial charge in [-0.1, -0.05) is 6.07 Å². The van der Waals surface area contributed by atoms with Gasteiger partial charge >= 0.3 is 0 Å². The molecular formula is C14H11N3O2S. The molecule has 0 bridgehead atoms. The summed E-state index contributed by atoms with van der Waals surface area (Å²) in [7, 11) is 0. The quantitative estimate of drug-likeness (QED) is 0.719. The lowest BCUT2D eigenvalue weighted by Crippen LogP contribution is -2.19. The highest BCUT2D eigenvalue weighted by atomic mass is 32.1. The Hall–Kier alpha value is -2.21. The minimum Gasteiger partial charge on any atom is -0.294 e. The second kappa shape index (κ2) is 4.14. The molecule has 1 atom stereocenters. The third-order valence-electron chi connectivity index (χ3n) is 3.76. The lowest BCUT2D eigenvalue weighted by Gasteiger charge is -2.21. The number of hydrogen-bond donors (Lipinski definition) is 2. The van der Waals surface area contributed by atoms with Crippen LogP contribution < -0.4 is 5.56 Å². The van der Waals surface area contributed by atoms with Crippen LogP contribution in [0.2, 0.25) is 0 Å². The number of nitrogens with one attached hydrogen (secondary N) is 2. The average molecular weight is 285 g/mol. The highest BCUT2D eigenvalue weighted by molar-refractivity contribution is 7.10. The zero-order valence-electron chi connectivity index (χ0n) is 10.5. The Morgan fingerprint density at radius 1 is 1.25 bits per heavy atom. The lowest BCUT2D eigenvalue weighted by molar-refractivity contribution is 0.0964. The molecule has 0 saturated carbocycles. The molecule has 0 spiro atoms. The van der Waals surface area contributed by atoms with Crippen LogP contribution in [-0.2, 0) is 6.42 Å². The average Bonchev–Trinajstić information content (AvgIpc) is 3.08. The van der Waals surface area contributed by atoms with Crippen molar-refractivity contribution in [3.63, 3.8) is 0 Å². The lowest BCUT2D eigenvalue weighted by atomic mass is 9.85. The molecule has 2 N–H and O–H groups in total. The Kier molecular flexibility index (Phi) is 2.40. The molecule has 3 heterocycles. The van der Waals surface area contributed by atoms with Crippen molar-refractivity contribution in [2.45, 2.75) is 18.8 Å². The first-order chi connectivity index (χ1) is 9.72. The van der Waals surface area contributed by atoms with Gasteiger partial charge in [-0.3, -0.25) is 19.8 Å². The second-order valence-corrected chi connectivity index (χ2v) is 5.98. The Bertz CT molecular complexity index is 860. The third-order valence-corrected chi connectivity index (χ3v) is 4.79. The zero-order chi connectivity index (χ0) is 13.7. The fraction of sp³-hybridized carbons (Fsp3) is 0.214. The summed E-state index contributed by atoms with van der Waals surface area (Å²) >= 11 is 1.67. The number of aromatic nitrogens is 3. The van der Waals surface area contributed by atoms with Gasteiger partial charge < -0.3 is 0 Å². The van der Waals surface area contributed by atoms with E-state index in [2.05, 4.69) is 21.2 Å². The summed E-state index contributed by atoms with van der Waals surface area (Å²) in [5.41, 5.74) is 1.66. The highest BCUT2D eigenvalue weighted by Crippen LogP contribution is 2.34. The fourth-order valence-corrected chi connectivity index (χ4v) is 3.59. The molecule has 5 nitrogen and oxygen atoms in total. The molecule has 1 unspecified atom stereocenters. The number of fused-ring (bicyclic) bond motifs is 2. The maximum atomic E-state index is 12.3. The number of ketones is 1. The SMILES string of the molecule is O=C1CC(c2cccs2)Cc2nc3[nH][nH]c(=O)c3cc21. The van der Waals surface area contributed by atoms with Crippen molar-refractivity contribution in [2.75, 3.05) is 0 Å². The summed E-state index contributed by atoms with van der Waals surface area (Å²) in [6, 6.07) is 5.73. The molecule has 4 rings (SSSR count). The minimum absolute atomic E-state index is 0.0691. The first-order valence-corrected chi connectivity index (χ1v) is 7.27. The maximum Gasteiger partial charge on any atom is 0.273 e. The molecule has 20 heavy (non-hydrogen) atoms. The van der Waals surface area contributed by atoms with Crippen LogP contribution in [0, 0.1) is 0 Å². The van der Waals surface area contributed by atoms with Gasteiger partial charge in [0.15, 0.2) is 11.4 Å². The van der Waals surface area contributed by atoms with E-state index in [4.69, 9.17) is 0 Å². The molecule has 3 aromatic heterocycles. The van der Waals surface area contributed by atoms with E-state index in [1.165, 1.54) is 4.88 Å². The number of aromatic amines is 2. The van der Waals surface area contributed by atoms with Crippen LogP contribution >= 0.6 is 11.3 Å². The van der Waals surface area contributed by atoms with Gasteiger partial charge in [-0.2, -0.15) is 0 Å². The van der Waals surface area contributed by atoms with Crippen molar-refractivity contribution in [3.05, 3.63) is 50.1 Å². The summed E-state index contributed by atoms with van der Waals surface area (Å²) in [5.74, 6) is 0.269. The summed E-state index contributed by atoms with van der Waals surface area (Å²) < 4.78 is 0. The van der Waals surface area contributed by atoms with Crippen LogP contribution in [0.1, 0.15) is 33.3 Å². The van der Waals surface area contributed by atoms with Gasteiger partial charge in [0.2, 0.25) is 0 Å². The smallest absolute Gasteiger partial charge is 0.273 e. The molecule has 1 aliphatic rings. The topological polar surface area (TPSA) is 78.6 Å². The summed E-state index contributed by atoms with van der Waals surface area (Å²) in [5, 5.41) is 7.72. The van der Waals surface area contributed by atoms with Crippen LogP contribution in [0.3, 0.4) is 0 Å². The molecule has 1 aliphatic carbocycles. The Balaban J connectivity index is 1.85. The van der Waals surface area contributed by atoms with Crippen LogP contribution in [0.25, 0.3) is 11.0 Å².